The summed E-state index contributed by atoms with van der Waals surface area (Å²) >= 11 is 7.25. The van der Waals surface area contributed by atoms with Gasteiger partial charge in [0, 0.05) is 16.0 Å². The number of benzene rings is 2. The molecule has 0 aliphatic heterocycles. The Balaban J connectivity index is 1.67. The zero-order valence-electron chi connectivity index (χ0n) is 14.7. The maximum absolute atomic E-state index is 12.4. The van der Waals surface area contributed by atoms with Gasteiger partial charge in [0.15, 0.2) is 11.2 Å². The van der Waals surface area contributed by atoms with Crippen LogP contribution in [0.1, 0.15) is 18.1 Å². The first-order valence-corrected chi connectivity index (χ1v) is 9.44. The molecule has 26 heavy (non-hydrogen) atoms. The Morgan fingerprint density at radius 1 is 1.19 bits per heavy atom. The lowest BCUT2D eigenvalue weighted by Crippen LogP contribution is -2.30. The van der Waals surface area contributed by atoms with Crippen molar-refractivity contribution in [1.82, 2.24) is 4.98 Å². The Labute approximate surface area is 161 Å². The number of rotatable bonds is 5. The topological polar surface area (TPSA) is 51.2 Å². The van der Waals surface area contributed by atoms with Gasteiger partial charge in [-0.15, -0.1) is 11.3 Å². The van der Waals surface area contributed by atoms with Gasteiger partial charge in [-0.25, -0.2) is 4.98 Å². The van der Waals surface area contributed by atoms with Crippen LogP contribution in [0.15, 0.2) is 47.8 Å². The van der Waals surface area contributed by atoms with Crippen molar-refractivity contribution in [1.29, 1.82) is 0 Å². The average molecular weight is 387 g/mol. The number of carbonyl (C=O) groups excluding carboxylic acids is 1. The first-order valence-electron chi connectivity index (χ1n) is 8.18. The van der Waals surface area contributed by atoms with Gasteiger partial charge < -0.3 is 4.74 Å². The molecule has 134 valence electrons. The fraction of sp³-hybridized carbons (Fsp3) is 0.200. The summed E-state index contributed by atoms with van der Waals surface area (Å²) < 4.78 is 5.64. The number of ether oxygens (including phenoxy) is 1. The van der Waals surface area contributed by atoms with Crippen LogP contribution < -0.4 is 10.1 Å². The molecule has 1 heterocycles. The van der Waals surface area contributed by atoms with E-state index in [4.69, 9.17) is 16.3 Å². The molecule has 0 aliphatic carbocycles. The molecular formula is C20H19ClN2O2S. The summed E-state index contributed by atoms with van der Waals surface area (Å²) in [7, 11) is 0. The van der Waals surface area contributed by atoms with Crippen LogP contribution in [0.3, 0.4) is 0 Å². The zero-order chi connectivity index (χ0) is 18.7. The Kier molecular flexibility index (Phi) is 5.59. The summed E-state index contributed by atoms with van der Waals surface area (Å²) in [5, 5.41) is 5.94. The molecule has 1 N–H and O–H groups in total. The van der Waals surface area contributed by atoms with Gasteiger partial charge in [0.2, 0.25) is 0 Å². The van der Waals surface area contributed by atoms with Gasteiger partial charge in [0.25, 0.3) is 5.91 Å². The summed E-state index contributed by atoms with van der Waals surface area (Å²) in [5.41, 5.74) is 4.26. The van der Waals surface area contributed by atoms with Crippen LogP contribution in [0.5, 0.6) is 5.75 Å². The Hall–Kier alpha value is -2.37. The molecule has 0 radical (unpaired) electrons. The molecule has 0 fully saturated rings. The van der Waals surface area contributed by atoms with Crippen molar-refractivity contribution < 1.29 is 9.53 Å². The smallest absolute Gasteiger partial charge is 0.266 e. The fourth-order valence-electron chi connectivity index (χ4n) is 2.44. The van der Waals surface area contributed by atoms with Crippen LogP contribution >= 0.6 is 22.9 Å². The third-order valence-corrected chi connectivity index (χ3v) is 4.91. The minimum atomic E-state index is -0.649. The van der Waals surface area contributed by atoms with Crippen molar-refractivity contribution in [2.75, 3.05) is 5.32 Å². The number of thiazole rings is 1. The van der Waals surface area contributed by atoms with Gasteiger partial charge in [-0.1, -0.05) is 29.3 Å². The quantitative estimate of drug-likeness (QED) is 0.631. The van der Waals surface area contributed by atoms with Crippen molar-refractivity contribution in [3.05, 3.63) is 64.0 Å². The highest BCUT2D eigenvalue weighted by molar-refractivity contribution is 7.14. The SMILES string of the molecule is Cc1ccc(C)c(-c2csc(NC(=O)[C@H](C)Oc3ccc(Cl)cc3)n2)c1. The zero-order valence-corrected chi connectivity index (χ0v) is 16.3. The van der Waals surface area contributed by atoms with Crippen molar-refractivity contribution >= 4 is 34.0 Å². The third-order valence-electron chi connectivity index (χ3n) is 3.90. The van der Waals surface area contributed by atoms with E-state index in [9.17, 15) is 4.79 Å². The van der Waals surface area contributed by atoms with E-state index in [0.717, 1.165) is 16.8 Å². The molecule has 6 heteroatoms. The van der Waals surface area contributed by atoms with Crippen molar-refractivity contribution in [2.45, 2.75) is 26.9 Å². The van der Waals surface area contributed by atoms with Crippen LogP contribution in [0.25, 0.3) is 11.3 Å². The molecule has 0 unspecified atom stereocenters. The second-order valence-corrected chi connectivity index (χ2v) is 7.35. The summed E-state index contributed by atoms with van der Waals surface area (Å²) in [5.74, 6) is 0.342. The van der Waals surface area contributed by atoms with E-state index in [1.807, 2.05) is 12.3 Å². The van der Waals surface area contributed by atoms with Crippen molar-refractivity contribution in [3.63, 3.8) is 0 Å². The van der Waals surface area contributed by atoms with Gasteiger partial charge in [-0.3, -0.25) is 10.1 Å². The lowest BCUT2D eigenvalue weighted by Gasteiger charge is -2.13. The summed E-state index contributed by atoms with van der Waals surface area (Å²) in [6.45, 7) is 5.80. The number of hydrogen-bond acceptors (Lipinski definition) is 4. The van der Waals surface area contributed by atoms with E-state index in [2.05, 4.69) is 35.4 Å². The number of aromatic nitrogens is 1. The molecule has 0 aliphatic rings. The van der Waals surface area contributed by atoms with Crippen LogP contribution in [-0.2, 0) is 4.79 Å². The van der Waals surface area contributed by atoms with Gasteiger partial charge in [0.1, 0.15) is 5.75 Å². The van der Waals surface area contributed by atoms with Crippen LogP contribution in [0.2, 0.25) is 5.02 Å². The second kappa shape index (κ2) is 7.89. The van der Waals surface area contributed by atoms with Crippen LogP contribution in [0, 0.1) is 13.8 Å². The van der Waals surface area contributed by atoms with E-state index in [0.29, 0.717) is 15.9 Å². The fourth-order valence-corrected chi connectivity index (χ4v) is 3.28. The lowest BCUT2D eigenvalue weighted by molar-refractivity contribution is -0.122. The molecule has 3 rings (SSSR count). The summed E-state index contributed by atoms with van der Waals surface area (Å²) in [4.78, 5) is 16.9. The Morgan fingerprint density at radius 3 is 2.65 bits per heavy atom. The monoisotopic (exact) mass is 386 g/mol. The number of carbonyl (C=O) groups is 1. The lowest BCUT2D eigenvalue weighted by atomic mass is 10.0. The Morgan fingerprint density at radius 2 is 1.92 bits per heavy atom. The normalized spacial score (nSPS) is 11.8. The molecule has 1 amide bonds. The first-order chi connectivity index (χ1) is 12.4. The molecule has 1 aromatic heterocycles. The van der Waals surface area contributed by atoms with Gasteiger partial charge >= 0.3 is 0 Å². The summed E-state index contributed by atoms with van der Waals surface area (Å²) in [6, 6.07) is 13.1. The number of hydrogen-bond donors (Lipinski definition) is 1. The molecular weight excluding hydrogens is 368 g/mol. The molecule has 2 aromatic carbocycles. The summed E-state index contributed by atoms with van der Waals surface area (Å²) in [6.07, 6.45) is -0.649. The number of nitrogens with one attached hydrogen (secondary N) is 1. The highest BCUT2D eigenvalue weighted by Gasteiger charge is 2.17. The van der Waals surface area contributed by atoms with Crippen LogP contribution in [-0.4, -0.2) is 17.0 Å². The number of anilines is 1. The number of nitrogens with zero attached hydrogens (tertiary/aromatic N) is 1. The minimum absolute atomic E-state index is 0.248. The number of amides is 1. The highest BCUT2D eigenvalue weighted by Crippen LogP contribution is 2.28. The maximum Gasteiger partial charge on any atom is 0.266 e. The van der Waals surface area contributed by atoms with Crippen LogP contribution in [0.4, 0.5) is 5.13 Å². The molecule has 3 aromatic rings. The van der Waals surface area contributed by atoms with Crippen molar-refractivity contribution in [3.8, 4) is 17.0 Å². The third kappa shape index (κ3) is 4.42. The van der Waals surface area contributed by atoms with E-state index < -0.39 is 6.10 Å². The van der Waals surface area contributed by atoms with Gasteiger partial charge in [-0.2, -0.15) is 0 Å². The molecule has 0 saturated carbocycles. The van der Waals surface area contributed by atoms with E-state index in [1.165, 1.54) is 16.9 Å². The van der Waals surface area contributed by atoms with Crippen molar-refractivity contribution in [2.24, 2.45) is 0 Å². The van der Waals surface area contributed by atoms with E-state index >= 15 is 0 Å². The number of aryl methyl sites for hydroxylation is 2. The maximum atomic E-state index is 12.4. The average Bonchev–Trinajstić information content (AvgIpc) is 3.07. The molecule has 0 spiro atoms. The highest BCUT2D eigenvalue weighted by atomic mass is 35.5. The molecule has 4 nitrogen and oxygen atoms in total. The predicted octanol–water partition coefficient (Wildman–Crippen LogP) is 5.49. The minimum Gasteiger partial charge on any atom is -0.481 e. The first kappa shape index (κ1) is 18.4. The Bertz CT molecular complexity index is 922. The van der Waals surface area contributed by atoms with Gasteiger partial charge in [0.05, 0.1) is 5.69 Å². The van der Waals surface area contributed by atoms with Gasteiger partial charge in [-0.05, 0) is 56.7 Å². The second-order valence-electron chi connectivity index (χ2n) is 6.06. The standard InChI is InChI=1S/C20H19ClN2O2S/c1-12-4-5-13(2)17(10-12)18-11-26-20(22-18)23-19(24)14(3)25-16-8-6-15(21)7-9-16/h4-11,14H,1-3H3,(H,22,23,24)/t14-/m0/s1. The predicted molar refractivity (Wildman–Crippen MR) is 107 cm³/mol. The van der Waals surface area contributed by atoms with E-state index in [-0.39, 0.29) is 5.91 Å². The van der Waals surface area contributed by atoms with E-state index in [1.54, 1.807) is 31.2 Å². The largest absolute Gasteiger partial charge is 0.481 e. The molecule has 0 saturated heterocycles. The molecule has 1 atom stereocenters. The molecule has 0 bridgehead atoms. The number of halogens is 1.